The number of nitrogens with one attached hydrogen (secondary N) is 3. The number of hydrazine groups is 1. The molecule has 2 fully saturated rings. The second-order valence-corrected chi connectivity index (χ2v) is 10.6. The Kier molecular flexibility index (Phi) is 8.24. The number of benzene rings is 1. The maximum atomic E-state index is 13.3. The number of hydrogen-bond donors (Lipinski definition) is 3. The number of nitrogens with zero attached hydrogens (tertiary/aromatic N) is 1. The normalized spacial score (nSPS) is 19.2. The zero-order chi connectivity index (χ0) is 25.6. The van der Waals surface area contributed by atoms with E-state index in [9.17, 15) is 19.2 Å². The molecule has 1 heterocycles. The Hall–Kier alpha value is -3.30. The summed E-state index contributed by atoms with van der Waals surface area (Å²) in [7, 11) is 0. The van der Waals surface area contributed by atoms with Crippen molar-refractivity contribution < 1.29 is 28.7 Å². The maximum Gasteiger partial charge on any atom is 0.429 e. The molecule has 3 N–H and O–H groups in total. The molecule has 1 aliphatic carbocycles. The van der Waals surface area contributed by atoms with Crippen molar-refractivity contribution in [2.45, 2.75) is 71.6 Å². The van der Waals surface area contributed by atoms with Crippen molar-refractivity contribution in [3.8, 4) is 0 Å². The van der Waals surface area contributed by atoms with Gasteiger partial charge in [0.1, 0.15) is 18.2 Å². The van der Waals surface area contributed by atoms with E-state index in [1.807, 2.05) is 37.3 Å². The Balaban J connectivity index is 1.67. The highest BCUT2D eigenvalue weighted by Gasteiger charge is 2.42. The molecule has 1 saturated carbocycles. The molecule has 0 bridgehead atoms. The Labute approximate surface area is 206 Å². The van der Waals surface area contributed by atoms with Crippen LogP contribution in [0.15, 0.2) is 30.3 Å². The van der Waals surface area contributed by atoms with Gasteiger partial charge in [-0.2, -0.15) is 0 Å². The number of amides is 4. The second-order valence-electron chi connectivity index (χ2n) is 10.6. The van der Waals surface area contributed by atoms with Gasteiger partial charge in [-0.1, -0.05) is 37.3 Å². The average Bonchev–Trinajstić information content (AvgIpc) is 3.37. The highest BCUT2D eigenvalue weighted by atomic mass is 16.6. The fourth-order valence-corrected chi connectivity index (χ4v) is 3.76. The van der Waals surface area contributed by atoms with Gasteiger partial charge in [-0.3, -0.25) is 15.0 Å². The molecule has 1 aromatic rings. The lowest BCUT2D eigenvalue weighted by Crippen LogP contribution is -2.56. The number of ether oxygens (including phenoxy) is 2. The molecule has 2 aliphatic rings. The number of hydrogen-bond acceptors (Lipinski definition) is 6. The molecule has 1 saturated heterocycles. The van der Waals surface area contributed by atoms with Gasteiger partial charge < -0.3 is 20.1 Å². The summed E-state index contributed by atoms with van der Waals surface area (Å²) in [5.41, 5.74) is 2.54. The highest BCUT2D eigenvalue weighted by molar-refractivity contribution is 5.87. The molecule has 35 heavy (non-hydrogen) atoms. The minimum absolute atomic E-state index is 0.0328. The van der Waals surface area contributed by atoms with E-state index in [1.54, 1.807) is 20.8 Å². The van der Waals surface area contributed by atoms with Crippen LogP contribution < -0.4 is 16.1 Å². The van der Waals surface area contributed by atoms with E-state index in [0.29, 0.717) is 19.4 Å². The lowest BCUT2D eigenvalue weighted by atomic mass is 9.99. The predicted octanol–water partition coefficient (Wildman–Crippen LogP) is 2.88. The first-order valence-electron chi connectivity index (χ1n) is 12.0. The highest BCUT2D eigenvalue weighted by Crippen LogP contribution is 2.48. The lowest BCUT2D eigenvalue weighted by Gasteiger charge is -2.30. The smallest absolute Gasteiger partial charge is 0.429 e. The van der Waals surface area contributed by atoms with Crippen molar-refractivity contribution in [1.29, 1.82) is 0 Å². The molecule has 192 valence electrons. The van der Waals surface area contributed by atoms with Crippen molar-refractivity contribution in [3.05, 3.63) is 35.9 Å². The molecule has 4 amide bonds. The van der Waals surface area contributed by atoms with E-state index in [2.05, 4.69) is 16.1 Å². The molecule has 2 atom stereocenters. The van der Waals surface area contributed by atoms with Gasteiger partial charge >= 0.3 is 12.2 Å². The summed E-state index contributed by atoms with van der Waals surface area (Å²) in [5, 5.41) is 6.40. The topological polar surface area (TPSA) is 126 Å². The predicted molar refractivity (Wildman–Crippen MR) is 128 cm³/mol. The molecule has 10 heteroatoms. The molecule has 1 aliphatic heterocycles. The zero-order valence-electron chi connectivity index (χ0n) is 20.9. The third-order valence-electron chi connectivity index (χ3n) is 6.05. The summed E-state index contributed by atoms with van der Waals surface area (Å²) in [5.74, 6) is -1.22. The Morgan fingerprint density at radius 3 is 2.46 bits per heavy atom. The van der Waals surface area contributed by atoms with Gasteiger partial charge in [0.15, 0.2) is 0 Å². The molecule has 1 aromatic carbocycles. The first-order chi connectivity index (χ1) is 16.4. The monoisotopic (exact) mass is 488 g/mol. The fourth-order valence-electron chi connectivity index (χ4n) is 3.76. The Morgan fingerprint density at radius 1 is 1.20 bits per heavy atom. The average molecular weight is 489 g/mol. The van der Waals surface area contributed by atoms with Gasteiger partial charge in [0.25, 0.3) is 5.91 Å². The largest absolute Gasteiger partial charge is 0.445 e. The molecule has 0 radical (unpaired) electrons. The van der Waals surface area contributed by atoms with Crippen LogP contribution in [0.2, 0.25) is 0 Å². The van der Waals surface area contributed by atoms with E-state index in [1.165, 1.54) is 0 Å². The van der Waals surface area contributed by atoms with Crippen LogP contribution in [0, 0.1) is 11.3 Å². The fraction of sp³-hybridized carbons (Fsp3) is 0.600. The van der Waals surface area contributed by atoms with Crippen molar-refractivity contribution in [1.82, 2.24) is 21.1 Å². The molecule has 0 unspecified atom stereocenters. The molecular weight excluding hydrogens is 452 g/mol. The van der Waals surface area contributed by atoms with Crippen LogP contribution in [0.5, 0.6) is 0 Å². The van der Waals surface area contributed by atoms with Crippen molar-refractivity contribution >= 4 is 24.0 Å². The van der Waals surface area contributed by atoms with E-state index in [0.717, 1.165) is 23.4 Å². The standard InChI is InChI=1S/C25H36N4O6/c1-24(2,3)35-23(33)29(15-18-10-13-26-20(18)30)28-21(31)19(14-25(4)11-12-25)27-22(32)34-16-17-8-6-5-7-9-17/h5-9,18-19H,10-16H2,1-4H3,(H,26,30)(H,27,32)(H,28,31)/t18-,19-/m0/s1. The van der Waals surface area contributed by atoms with Crippen LogP contribution in [0.1, 0.15) is 58.9 Å². The Bertz CT molecular complexity index is 926. The summed E-state index contributed by atoms with van der Waals surface area (Å²) in [6.45, 7) is 7.73. The number of alkyl carbamates (subject to hydrolysis) is 1. The van der Waals surface area contributed by atoms with Crippen LogP contribution in [0.4, 0.5) is 9.59 Å². The van der Waals surface area contributed by atoms with Crippen LogP contribution in [0.25, 0.3) is 0 Å². The van der Waals surface area contributed by atoms with Gasteiger partial charge in [0.2, 0.25) is 5.91 Å². The van der Waals surface area contributed by atoms with E-state index in [-0.39, 0.29) is 24.5 Å². The van der Waals surface area contributed by atoms with Gasteiger partial charge in [0.05, 0.1) is 12.5 Å². The van der Waals surface area contributed by atoms with E-state index in [4.69, 9.17) is 9.47 Å². The molecule has 3 rings (SSSR count). The first-order valence-corrected chi connectivity index (χ1v) is 12.0. The van der Waals surface area contributed by atoms with Gasteiger partial charge in [-0.25, -0.2) is 14.6 Å². The van der Waals surface area contributed by atoms with Crippen LogP contribution >= 0.6 is 0 Å². The minimum Gasteiger partial charge on any atom is -0.445 e. The summed E-state index contributed by atoms with van der Waals surface area (Å²) < 4.78 is 10.7. The first kappa shape index (κ1) is 26.3. The molecule has 10 nitrogen and oxygen atoms in total. The van der Waals surface area contributed by atoms with Crippen molar-refractivity contribution in [2.24, 2.45) is 11.3 Å². The van der Waals surface area contributed by atoms with Gasteiger partial charge in [-0.15, -0.1) is 0 Å². The SMILES string of the molecule is CC1(C[C@H](NC(=O)OCc2ccccc2)C(=O)NN(C[C@@H]2CCNC2=O)C(=O)OC(C)(C)C)CC1. The number of carbonyl (C=O) groups excluding carboxylic acids is 4. The summed E-state index contributed by atoms with van der Waals surface area (Å²) in [4.78, 5) is 50.7. The summed E-state index contributed by atoms with van der Waals surface area (Å²) >= 11 is 0. The van der Waals surface area contributed by atoms with E-state index >= 15 is 0 Å². The third-order valence-corrected chi connectivity index (χ3v) is 6.05. The lowest BCUT2D eigenvalue weighted by molar-refractivity contribution is -0.130. The molecule has 0 spiro atoms. The Morgan fingerprint density at radius 2 is 1.89 bits per heavy atom. The second kappa shape index (κ2) is 11.0. The summed E-state index contributed by atoms with van der Waals surface area (Å²) in [6.07, 6.45) is 1.32. The van der Waals surface area contributed by atoms with Gasteiger partial charge in [0, 0.05) is 6.54 Å². The molecular formula is C25H36N4O6. The van der Waals surface area contributed by atoms with Crippen LogP contribution in [0.3, 0.4) is 0 Å². The number of rotatable bonds is 8. The van der Waals surface area contributed by atoms with Crippen LogP contribution in [-0.4, -0.2) is 53.7 Å². The van der Waals surface area contributed by atoms with Gasteiger partial charge in [-0.05, 0) is 57.4 Å². The van der Waals surface area contributed by atoms with Crippen LogP contribution in [-0.2, 0) is 25.7 Å². The molecule has 0 aromatic heterocycles. The number of carbonyl (C=O) groups is 4. The van der Waals surface area contributed by atoms with E-state index < -0.39 is 35.7 Å². The maximum absolute atomic E-state index is 13.3. The minimum atomic E-state index is -0.923. The summed E-state index contributed by atoms with van der Waals surface area (Å²) in [6, 6.07) is 8.30. The van der Waals surface area contributed by atoms with Crippen molar-refractivity contribution in [2.75, 3.05) is 13.1 Å². The zero-order valence-corrected chi connectivity index (χ0v) is 20.9. The third kappa shape index (κ3) is 8.45. The quantitative estimate of drug-likeness (QED) is 0.483. The van der Waals surface area contributed by atoms with Crippen molar-refractivity contribution in [3.63, 3.8) is 0 Å².